The molecular weight excluding hydrogens is 212 g/mol. The monoisotopic (exact) mass is 228 g/mol. The second kappa shape index (κ2) is 4.79. The average Bonchev–Trinajstić information content (AvgIpc) is 2.29. The highest BCUT2D eigenvalue weighted by Gasteiger charge is 2.30. The van der Waals surface area contributed by atoms with Gasteiger partial charge in [-0.1, -0.05) is 0 Å². The number of carbonyl (C=O) groups is 1. The number of carbonyl (C=O) groups excluding carboxylic acids is 1. The Kier molecular flexibility index (Phi) is 3.39. The Bertz CT molecular complexity index is 296. The largest absolute Gasteiger partial charge is 0.394 e. The van der Waals surface area contributed by atoms with E-state index >= 15 is 0 Å². The fraction of sp³-hybridized carbons (Fsp3) is 0.667. The van der Waals surface area contributed by atoms with Gasteiger partial charge in [0.25, 0.3) is 0 Å². The Hall–Kier alpha value is -1.15. The lowest BCUT2D eigenvalue weighted by molar-refractivity contribution is -0.104. The molecule has 0 saturated carbocycles. The first-order valence-corrected chi connectivity index (χ1v) is 5.20. The molecule has 0 spiro atoms. The SMILES string of the molecule is NC1C=CN([C@H]2CNC[C@@H](CO)O2)C(=O)N1. The Balaban J connectivity index is 2.01. The molecule has 1 saturated heterocycles. The lowest BCUT2D eigenvalue weighted by Crippen LogP contribution is -2.59. The van der Waals surface area contributed by atoms with E-state index in [1.807, 2.05) is 0 Å². The summed E-state index contributed by atoms with van der Waals surface area (Å²) in [6.07, 6.45) is 2.14. The molecule has 1 unspecified atom stereocenters. The van der Waals surface area contributed by atoms with E-state index in [4.69, 9.17) is 15.6 Å². The molecular formula is C9H16N4O3. The minimum atomic E-state index is -0.450. The van der Waals surface area contributed by atoms with E-state index in [2.05, 4.69) is 10.6 Å². The zero-order chi connectivity index (χ0) is 11.5. The van der Waals surface area contributed by atoms with Crippen LogP contribution in [0.3, 0.4) is 0 Å². The molecule has 0 radical (unpaired) electrons. The van der Waals surface area contributed by atoms with Crippen LogP contribution < -0.4 is 16.4 Å². The quantitative estimate of drug-likeness (QED) is 0.443. The number of morpholine rings is 1. The van der Waals surface area contributed by atoms with Crippen LogP contribution in [0.1, 0.15) is 0 Å². The van der Waals surface area contributed by atoms with Gasteiger partial charge in [0.15, 0.2) is 6.23 Å². The van der Waals surface area contributed by atoms with Crippen molar-refractivity contribution in [2.75, 3.05) is 19.7 Å². The van der Waals surface area contributed by atoms with Crippen molar-refractivity contribution in [3.05, 3.63) is 12.3 Å². The first kappa shape index (κ1) is 11.3. The van der Waals surface area contributed by atoms with Gasteiger partial charge in [-0.25, -0.2) is 4.79 Å². The minimum absolute atomic E-state index is 0.0673. The molecule has 0 aromatic rings. The number of amides is 2. The fourth-order valence-electron chi connectivity index (χ4n) is 1.70. The van der Waals surface area contributed by atoms with Gasteiger partial charge in [0.1, 0.15) is 0 Å². The van der Waals surface area contributed by atoms with Crippen LogP contribution in [0, 0.1) is 0 Å². The van der Waals surface area contributed by atoms with Crippen LogP contribution in [0.25, 0.3) is 0 Å². The van der Waals surface area contributed by atoms with Crippen LogP contribution >= 0.6 is 0 Å². The van der Waals surface area contributed by atoms with Gasteiger partial charge in [-0.15, -0.1) is 0 Å². The van der Waals surface area contributed by atoms with Crippen molar-refractivity contribution in [3.8, 4) is 0 Å². The number of aliphatic hydroxyl groups excluding tert-OH is 1. The van der Waals surface area contributed by atoms with Crippen LogP contribution in [-0.2, 0) is 4.74 Å². The van der Waals surface area contributed by atoms with Crippen LogP contribution in [0.4, 0.5) is 4.79 Å². The highest BCUT2D eigenvalue weighted by atomic mass is 16.5. The van der Waals surface area contributed by atoms with Gasteiger partial charge in [0.05, 0.1) is 18.9 Å². The third-order valence-corrected chi connectivity index (χ3v) is 2.53. The predicted molar refractivity (Wildman–Crippen MR) is 56.1 cm³/mol. The second-order valence-corrected chi connectivity index (χ2v) is 3.78. The molecule has 5 N–H and O–H groups in total. The van der Waals surface area contributed by atoms with E-state index in [9.17, 15) is 4.79 Å². The molecule has 3 atom stereocenters. The second-order valence-electron chi connectivity index (χ2n) is 3.78. The molecule has 0 aromatic heterocycles. The van der Waals surface area contributed by atoms with Gasteiger partial charge in [-0.05, 0) is 6.08 Å². The van der Waals surface area contributed by atoms with E-state index in [1.54, 1.807) is 12.3 Å². The molecule has 2 rings (SSSR count). The molecule has 1 fully saturated rings. The molecule has 90 valence electrons. The fourth-order valence-corrected chi connectivity index (χ4v) is 1.70. The molecule has 0 aromatic carbocycles. The van der Waals surface area contributed by atoms with Crippen molar-refractivity contribution in [1.29, 1.82) is 0 Å². The number of nitrogens with zero attached hydrogens (tertiary/aromatic N) is 1. The average molecular weight is 228 g/mol. The number of nitrogens with one attached hydrogen (secondary N) is 2. The molecule has 0 bridgehead atoms. The van der Waals surface area contributed by atoms with Gasteiger partial charge >= 0.3 is 6.03 Å². The Labute approximate surface area is 93.2 Å². The van der Waals surface area contributed by atoms with E-state index in [-0.39, 0.29) is 18.7 Å². The third-order valence-electron chi connectivity index (χ3n) is 2.53. The van der Waals surface area contributed by atoms with Crippen LogP contribution in [0.15, 0.2) is 12.3 Å². The van der Waals surface area contributed by atoms with Gasteiger partial charge in [-0.3, -0.25) is 4.90 Å². The molecule has 0 aliphatic carbocycles. The molecule has 2 amide bonds. The van der Waals surface area contributed by atoms with Crippen molar-refractivity contribution in [2.24, 2.45) is 5.73 Å². The predicted octanol–water partition coefficient (Wildman–Crippen LogP) is -1.88. The van der Waals surface area contributed by atoms with Crippen molar-refractivity contribution in [1.82, 2.24) is 15.5 Å². The first-order valence-electron chi connectivity index (χ1n) is 5.20. The van der Waals surface area contributed by atoms with Crippen molar-refractivity contribution >= 4 is 6.03 Å². The maximum absolute atomic E-state index is 11.6. The molecule has 16 heavy (non-hydrogen) atoms. The van der Waals surface area contributed by atoms with Crippen molar-refractivity contribution < 1.29 is 14.6 Å². The molecule has 7 nitrogen and oxygen atoms in total. The highest BCUT2D eigenvalue weighted by molar-refractivity contribution is 5.77. The zero-order valence-electron chi connectivity index (χ0n) is 8.80. The van der Waals surface area contributed by atoms with Crippen molar-refractivity contribution in [2.45, 2.75) is 18.5 Å². The number of nitrogens with two attached hydrogens (primary N) is 1. The van der Waals surface area contributed by atoms with Crippen molar-refractivity contribution in [3.63, 3.8) is 0 Å². The Morgan fingerprint density at radius 3 is 3.12 bits per heavy atom. The first-order chi connectivity index (χ1) is 7.70. The summed E-state index contributed by atoms with van der Waals surface area (Å²) < 4.78 is 5.54. The Morgan fingerprint density at radius 1 is 1.62 bits per heavy atom. The Morgan fingerprint density at radius 2 is 2.44 bits per heavy atom. The van der Waals surface area contributed by atoms with E-state index in [0.717, 1.165) is 0 Å². The lowest BCUT2D eigenvalue weighted by Gasteiger charge is -2.37. The van der Waals surface area contributed by atoms with Crippen LogP contribution in [-0.4, -0.2) is 54.2 Å². The number of hydrogen-bond donors (Lipinski definition) is 4. The summed E-state index contributed by atoms with van der Waals surface area (Å²) in [6, 6.07) is -0.291. The topological polar surface area (TPSA) is 99.8 Å². The summed E-state index contributed by atoms with van der Waals surface area (Å²) in [4.78, 5) is 13.0. The van der Waals surface area contributed by atoms with Gasteiger partial charge < -0.3 is 26.2 Å². The molecule has 2 aliphatic rings. The summed E-state index contributed by atoms with van der Waals surface area (Å²) >= 11 is 0. The smallest absolute Gasteiger partial charge is 0.325 e. The third kappa shape index (κ3) is 2.33. The van der Waals surface area contributed by atoms with E-state index in [1.165, 1.54) is 4.90 Å². The normalized spacial score (nSPS) is 35.0. The number of ether oxygens (including phenoxy) is 1. The number of aliphatic hydroxyl groups is 1. The number of urea groups is 1. The van der Waals surface area contributed by atoms with Gasteiger partial charge in [0, 0.05) is 19.3 Å². The van der Waals surface area contributed by atoms with E-state index < -0.39 is 12.4 Å². The van der Waals surface area contributed by atoms with E-state index in [0.29, 0.717) is 13.1 Å². The molecule has 2 heterocycles. The van der Waals surface area contributed by atoms with Crippen LogP contribution in [0.5, 0.6) is 0 Å². The summed E-state index contributed by atoms with van der Waals surface area (Å²) in [6.45, 7) is 1.05. The number of hydrogen-bond acceptors (Lipinski definition) is 5. The standard InChI is InChI=1S/C9H16N4O3/c10-7-1-2-13(9(15)12-7)8-4-11-3-6(5-14)16-8/h1-2,6-8,11,14H,3-5,10H2,(H,12,15)/t6-,7?,8+/m0/s1. The summed E-state index contributed by atoms with van der Waals surface area (Å²) in [5.41, 5.74) is 5.53. The lowest BCUT2D eigenvalue weighted by atomic mass is 10.3. The highest BCUT2D eigenvalue weighted by Crippen LogP contribution is 2.12. The van der Waals surface area contributed by atoms with Crippen LogP contribution in [0.2, 0.25) is 0 Å². The summed E-state index contributed by atoms with van der Waals surface area (Å²) in [5.74, 6) is 0. The van der Waals surface area contributed by atoms with Gasteiger partial charge in [-0.2, -0.15) is 0 Å². The summed E-state index contributed by atoms with van der Waals surface area (Å²) in [5, 5.41) is 14.7. The number of rotatable bonds is 2. The van der Waals surface area contributed by atoms with Gasteiger partial charge in [0.2, 0.25) is 0 Å². The molecule has 7 heteroatoms. The zero-order valence-corrected chi connectivity index (χ0v) is 8.80. The molecule has 2 aliphatic heterocycles. The minimum Gasteiger partial charge on any atom is -0.394 e. The maximum atomic E-state index is 11.6. The summed E-state index contributed by atoms with van der Waals surface area (Å²) in [7, 11) is 0. The maximum Gasteiger partial charge on any atom is 0.325 e.